The van der Waals surface area contributed by atoms with Crippen LogP contribution in [0.25, 0.3) is 0 Å². The van der Waals surface area contributed by atoms with E-state index in [9.17, 15) is 18.0 Å². The molecule has 1 unspecified atom stereocenters. The zero-order valence-electron chi connectivity index (χ0n) is 9.05. The lowest BCUT2D eigenvalue weighted by Gasteiger charge is -2.24. The molecule has 0 bridgehead atoms. The molecule has 1 amide bonds. The Kier molecular flexibility index (Phi) is 3.14. The van der Waals surface area contributed by atoms with Crippen molar-refractivity contribution in [2.75, 3.05) is 12.4 Å². The fraction of sp³-hybridized carbons (Fsp3) is 0.364. The van der Waals surface area contributed by atoms with E-state index >= 15 is 0 Å². The Hall–Kier alpha value is -1.43. The molecule has 2 rings (SSSR count). The molecule has 1 aromatic carbocycles. The molecule has 1 fully saturated rings. The fourth-order valence-corrected chi connectivity index (χ4v) is 2.04. The Bertz CT molecular complexity index is 460. The summed E-state index contributed by atoms with van der Waals surface area (Å²) in [6, 6.07) is 4.42. The molecule has 0 saturated carbocycles. The SMILES string of the molecule is O=C1NCC(CCl)(c2ccc(C(F)(F)F)cc2)O1. The van der Waals surface area contributed by atoms with Gasteiger partial charge in [-0.3, -0.25) is 0 Å². The van der Waals surface area contributed by atoms with Crippen LogP contribution in [0.5, 0.6) is 0 Å². The van der Waals surface area contributed by atoms with Crippen LogP contribution in [0.4, 0.5) is 18.0 Å². The van der Waals surface area contributed by atoms with Gasteiger partial charge >= 0.3 is 12.3 Å². The molecular weight excluding hydrogens is 271 g/mol. The Morgan fingerprint density at radius 1 is 1.33 bits per heavy atom. The first-order chi connectivity index (χ1) is 8.37. The number of hydrogen-bond acceptors (Lipinski definition) is 2. The Labute approximate surface area is 106 Å². The van der Waals surface area contributed by atoms with Gasteiger partial charge in [0.25, 0.3) is 0 Å². The van der Waals surface area contributed by atoms with Crippen LogP contribution in [-0.2, 0) is 16.5 Å². The van der Waals surface area contributed by atoms with Crippen LogP contribution in [0.15, 0.2) is 24.3 Å². The van der Waals surface area contributed by atoms with Gasteiger partial charge in [-0.05, 0) is 17.7 Å². The summed E-state index contributed by atoms with van der Waals surface area (Å²) in [5.41, 5.74) is -1.42. The van der Waals surface area contributed by atoms with E-state index in [1.54, 1.807) is 0 Å². The van der Waals surface area contributed by atoms with E-state index in [1.165, 1.54) is 12.1 Å². The number of nitrogens with one attached hydrogen (secondary N) is 1. The average molecular weight is 280 g/mol. The summed E-state index contributed by atoms with van der Waals surface area (Å²) in [5.74, 6) is -0.0307. The highest BCUT2D eigenvalue weighted by molar-refractivity contribution is 6.18. The van der Waals surface area contributed by atoms with Crippen molar-refractivity contribution in [2.24, 2.45) is 0 Å². The maximum atomic E-state index is 12.4. The van der Waals surface area contributed by atoms with E-state index in [4.69, 9.17) is 16.3 Å². The highest BCUT2D eigenvalue weighted by atomic mass is 35.5. The lowest BCUT2D eigenvalue weighted by molar-refractivity contribution is -0.137. The number of hydrogen-bond donors (Lipinski definition) is 1. The number of halogens is 4. The van der Waals surface area contributed by atoms with Crippen LogP contribution >= 0.6 is 11.6 Å². The predicted molar refractivity (Wildman–Crippen MR) is 58.3 cm³/mol. The molecule has 1 aromatic rings. The van der Waals surface area contributed by atoms with Crippen LogP contribution in [-0.4, -0.2) is 18.5 Å². The van der Waals surface area contributed by atoms with Crippen molar-refractivity contribution in [1.29, 1.82) is 0 Å². The van der Waals surface area contributed by atoms with Gasteiger partial charge in [0.15, 0.2) is 5.60 Å². The second-order valence-electron chi connectivity index (χ2n) is 3.95. The van der Waals surface area contributed by atoms with Crippen LogP contribution in [0.1, 0.15) is 11.1 Å². The smallest absolute Gasteiger partial charge is 0.416 e. The third-order valence-corrected chi connectivity index (χ3v) is 3.19. The quantitative estimate of drug-likeness (QED) is 0.846. The number of alkyl carbamates (subject to hydrolysis) is 1. The van der Waals surface area contributed by atoms with E-state index in [-0.39, 0.29) is 12.4 Å². The minimum Gasteiger partial charge on any atom is -0.435 e. The molecule has 1 aliphatic heterocycles. The second kappa shape index (κ2) is 4.35. The first-order valence-corrected chi connectivity index (χ1v) is 5.61. The van der Waals surface area contributed by atoms with E-state index in [2.05, 4.69) is 5.32 Å². The summed E-state index contributed by atoms with van der Waals surface area (Å²) in [4.78, 5) is 11.0. The maximum Gasteiger partial charge on any atom is 0.416 e. The zero-order valence-corrected chi connectivity index (χ0v) is 9.81. The first kappa shape index (κ1) is 13.0. The summed E-state index contributed by atoms with van der Waals surface area (Å²) < 4.78 is 42.3. The topological polar surface area (TPSA) is 38.3 Å². The molecule has 98 valence electrons. The Morgan fingerprint density at radius 2 is 1.94 bits per heavy atom. The lowest BCUT2D eigenvalue weighted by atomic mass is 9.95. The predicted octanol–water partition coefficient (Wildman–Crippen LogP) is 2.88. The van der Waals surface area contributed by atoms with E-state index in [0.29, 0.717) is 5.56 Å². The molecule has 0 aliphatic carbocycles. The number of benzene rings is 1. The minimum absolute atomic E-state index is 0.0307. The summed E-state index contributed by atoms with van der Waals surface area (Å²) in [7, 11) is 0. The fourth-order valence-electron chi connectivity index (χ4n) is 1.74. The molecule has 1 saturated heterocycles. The van der Waals surface area contributed by atoms with Gasteiger partial charge in [0.05, 0.1) is 18.0 Å². The number of rotatable bonds is 2. The molecular formula is C11H9ClF3NO2. The van der Waals surface area contributed by atoms with Crippen molar-refractivity contribution in [3.05, 3.63) is 35.4 Å². The van der Waals surface area contributed by atoms with Gasteiger partial charge < -0.3 is 10.1 Å². The highest BCUT2D eigenvalue weighted by Gasteiger charge is 2.42. The second-order valence-corrected chi connectivity index (χ2v) is 4.21. The molecule has 18 heavy (non-hydrogen) atoms. The maximum absolute atomic E-state index is 12.4. The van der Waals surface area contributed by atoms with E-state index in [0.717, 1.165) is 12.1 Å². The van der Waals surface area contributed by atoms with Crippen LogP contribution in [0.2, 0.25) is 0 Å². The van der Waals surface area contributed by atoms with Gasteiger partial charge in [-0.1, -0.05) is 12.1 Å². The van der Waals surface area contributed by atoms with Gasteiger partial charge in [0.2, 0.25) is 0 Å². The van der Waals surface area contributed by atoms with Crippen molar-refractivity contribution in [2.45, 2.75) is 11.8 Å². The van der Waals surface area contributed by atoms with Crippen LogP contribution < -0.4 is 5.32 Å². The van der Waals surface area contributed by atoms with Crippen molar-refractivity contribution in [3.63, 3.8) is 0 Å². The Balaban J connectivity index is 2.31. The molecule has 1 N–H and O–H groups in total. The minimum atomic E-state index is -4.39. The van der Waals surface area contributed by atoms with Crippen LogP contribution in [0, 0.1) is 0 Å². The van der Waals surface area contributed by atoms with E-state index in [1.807, 2.05) is 0 Å². The monoisotopic (exact) mass is 279 g/mol. The zero-order chi connectivity index (χ0) is 13.4. The van der Waals surface area contributed by atoms with Crippen molar-refractivity contribution < 1.29 is 22.7 Å². The van der Waals surface area contributed by atoms with Gasteiger partial charge in [0, 0.05) is 0 Å². The molecule has 0 aromatic heterocycles. The van der Waals surface area contributed by atoms with Crippen LogP contribution in [0.3, 0.4) is 0 Å². The summed E-state index contributed by atoms with van der Waals surface area (Å²) in [5, 5.41) is 2.44. The Morgan fingerprint density at radius 3 is 2.33 bits per heavy atom. The largest absolute Gasteiger partial charge is 0.435 e. The molecule has 1 atom stereocenters. The number of cyclic esters (lactones) is 1. The molecule has 3 nitrogen and oxygen atoms in total. The first-order valence-electron chi connectivity index (χ1n) is 5.08. The van der Waals surface area contributed by atoms with Gasteiger partial charge in [-0.25, -0.2) is 4.79 Å². The number of carbonyl (C=O) groups is 1. The normalized spacial score (nSPS) is 23.7. The molecule has 1 heterocycles. The summed E-state index contributed by atoms with van der Waals surface area (Å²) >= 11 is 5.75. The van der Waals surface area contributed by atoms with Gasteiger partial charge in [-0.15, -0.1) is 11.6 Å². The third-order valence-electron chi connectivity index (χ3n) is 2.76. The average Bonchev–Trinajstić information content (AvgIpc) is 2.71. The molecule has 0 spiro atoms. The third kappa shape index (κ3) is 2.25. The number of carbonyl (C=O) groups excluding carboxylic acids is 1. The standard InChI is InChI=1S/C11H9ClF3NO2/c12-5-10(6-16-9(17)18-10)7-1-3-8(4-2-7)11(13,14)15/h1-4H,5-6H2,(H,16,17). The number of ether oxygens (including phenoxy) is 1. The van der Waals surface area contributed by atoms with Gasteiger partial charge in [0.1, 0.15) is 0 Å². The van der Waals surface area contributed by atoms with Gasteiger partial charge in [-0.2, -0.15) is 13.2 Å². The molecule has 7 heteroatoms. The number of alkyl halides is 4. The molecule has 1 aliphatic rings. The summed E-state index contributed by atoms with van der Waals surface area (Å²) in [6.45, 7) is 0.140. The summed E-state index contributed by atoms with van der Waals surface area (Å²) in [6.07, 6.45) is -5.02. The van der Waals surface area contributed by atoms with Crippen molar-refractivity contribution in [1.82, 2.24) is 5.32 Å². The van der Waals surface area contributed by atoms with Crippen molar-refractivity contribution >= 4 is 17.7 Å². The highest BCUT2D eigenvalue weighted by Crippen LogP contribution is 2.34. The van der Waals surface area contributed by atoms with Crippen molar-refractivity contribution in [3.8, 4) is 0 Å². The van der Waals surface area contributed by atoms with E-state index < -0.39 is 23.4 Å². The number of amides is 1. The molecule has 0 radical (unpaired) electrons. The lowest BCUT2D eigenvalue weighted by Crippen LogP contribution is -2.32.